The topological polar surface area (TPSA) is 71.3 Å². The molecule has 24 heavy (non-hydrogen) atoms. The van der Waals surface area contributed by atoms with E-state index in [0.717, 1.165) is 36.7 Å². The van der Waals surface area contributed by atoms with Crippen molar-refractivity contribution in [1.82, 2.24) is 15.5 Å². The van der Waals surface area contributed by atoms with Gasteiger partial charge in [-0.15, -0.1) is 10.2 Å². The summed E-state index contributed by atoms with van der Waals surface area (Å²) in [6, 6.07) is 7.21. The fourth-order valence-electron chi connectivity index (χ4n) is 2.97. The van der Waals surface area contributed by atoms with Crippen molar-refractivity contribution < 1.29 is 9.21 Å². The number of nitrogens with one attached hydrogen (secondary N) is 1. The van der Waals surface area contributed by atoms with Gasteiger partial charge in [-0.25, -0.2) is 0 Å². The normalized spacial score (nSPS) is 19.1. The lowest BCUT2D eigenvalue weighted by Gasteiger charge is -2.33. The van der Waals surface area contributed by atoms with E-state index in [-0.39, 0.29) is 17.9 Å². The van der Waals surface area contributed by atoms with Crippen molar-refractivity contribution in [2.75, 3.05) is 18.0 Å². The van der Waals surface area contributed by atoms with Gasteiger partial charge in [0.25, 0.3) is 0 Å². The van der Waals surface area contributed by atoms with Gasteiger partial charge in [-0.05, 0) is 51.0 Å². The van der Waals surface area contributed by atoms with Crippen molar-refractivity contribution in [2.24, 2.45) is 5.92 Å². The van der Waals surface area contributed by atoms with Gasteiger partial charge in [-0.2, -0.15) is 0 Å². The molecular formula is C17H21ClN4O2. The van der Waals surface area contributed by atoms with E-state index in [9.17, 15) is 4.79 Å². The van der Waals surface area contributed by atoms with Crippen LogP contribution in [0.4, 0.5) is 5.82 Å². The van der Waals surface area contributed by atoms with Crippen molar-refractivity contribution in [3.8, 4) is 0 Å². The van der Waals surface area contributed by atoms with Gasteiger partial charge in [-0.3, -0.25) is 4.79 Å². The van der Waals surface area contributed by atoms with E-state index in [0.29, 0.717) is 11.7 Å². The van der Waals surface area contributed by atoms with Crippen LogP contribution >= 0.6 is 11.6 Å². The van der Waals surface area contributed by atoms with Gasteiger partial charge in [0.15, 0.2) is 11.0 Å². The number of rotatable bonds is 4. The average Bonchev–Trinajstić information content (AvgIpc) is 3.02. The molecule has 0 spiro atoms. The highest BCUT2D eigenvalue weighted by Crippen LogP contribution is 2.23. The van der Waals surface area contributed by atoms with Gasteiger partial charge >= 0.3 is 0 Å². The molecule has 0 aliphatic carbocycles. The Morgan fingerprint density at radius 2 is 2.21 bits per heavy atom. The lowest BCUT2D eigenvalue weighted by molar-refractivity contribution is -0.126. The third kappa shape index (κ3) is 3.87. The largest absolute Gasteiger partial charge is 0.464 e. The summed E-state index contributed by atoms with van der Waals surface area (Å²) in [5.74, 6) is 2.35. The van der Waals surface area contributed by atoms with E-state index in [4.69, 9.17) is 16.0 Å². The predicted molar refractivity (Wildman–Crippen MR) is 92.0 cm³/mol. The maximum Gasteiger partial charge on any atom is 0.225 e. The first-order chi connectivity index (χ1) is 11.5. The third-order valence-corrected chi connectivity index (χ3v) is 4.48. The van der Waals surface area contributed by atoms with Crippen LogP contribution in [0.15, 0.2) is 28.7 Å². The Bertz CT molecular complexity index is 701. The van der Waals surface area contributed by atoms with E-state index in [1.807, 2.05) is 32.0 Å². The maximum absolute atomic E-state index is 12.6. The van der Waals surface area contributed by atoms with E-state index in [2.05, 4.69) is 20.4 Å². The Labute approximate surface area is 146 Å². The molecule has 1 fully saturated rings. The van der Waals surface area contributed by atoms with Crippen LogP contribution in [-0.2, 0) is 4.79 Å². The molecule has 1 aliphatic heterocycles. The smallest absolute Gasteiger partial charge is 0.225 e. The second kappa shape index (κ2) is 7.21. The highest BCUT2D eigenvalue weighted by atomic mass is 35.5. The van der Waals surface area contributed by atoms with Crippen LogP contribution in [0.5, 0.6) is 0 Å². The quantitative estimate of drug-likeness (QED) is 0.919. The number of aromatic nitrogens is 2. The standard InChI is InChI=1S/C17H21ClN4O2/c1-11-5-6-14(24-11)12(2)19-17(23)13-4-3-9-22(10-13)16-8-7-15(18)20-21-16/h5-8,12-13H,3-4,9-10H2,1-2H3,(H,19,23)/t12-,13-/m1/s1. The predicted octanol–water partition coefficient (Wildman–Crippen LogP) is 3.13. The van der Waals surface area contributed by atoms with Crippen molar-refractivity contribution in [1.29, 1.82) is 0 Å². The molecule has 2 aromatic heterocycles. The fraction of sp³-hybridized carbons (Fsp3) is 0.471. The van der Waals surface area contributed by atoms with Gasteiger partial charge < -0.3 is 14.6 Å². The Balaban J connectivity index is 1.61. The molecule has 3 heterocycles. The Kier molecular flexibility index (Phi) is 5.04. The number of carbonyl (C=O) groups excluding carboxylic acids is 1. The Hall–Kier alpha value is -2.08. The molecule has 0 unspecified atom stereocenters. The molecule has 1 aliphatic rings. The van der Waals surface area contributed by atoms with Crippen LogP contribution in [-0.4, -0.2) is 29.2 Å². The molecule has 1 N–H and O–H groups in total. The summed E-state index contributed by atoms with van der Waals surface area (Å²) >= 11 is 5.78. The van der Waals surface area contributed by atoms with Crippen LogP contribution in [0.25, 0.3) is 0 Å². The first-order valence-corrected chi connectivity index (χ1v) is 8.51. The number of hydrogen-bond acceptors (Lipinski definition) is 5. The van der Waals surface area contributed by atoms with Crippen LogP contribution in [0.1, 0.15) is 37.3 Å². The summed E-state index contributed by atoms with van der Waals surface area (Å²) in [6.07, 6.45) is 1.81. The van der Waals surface area contributed by atoms with E-state index in [1.54, 1.807) is 6.07 Å². The molecule has 128 valence electrons. The Morgan fingerprint density at radius 3 is 2.88 bits per heavy atom. The lowest BCUT2D eigenvalue weighted by atomic mass is 9.96. The molecule has 0 radical (unpaired) electrons. The van der Waals surface area contributed by atoms with Crippen molar-refractivity contribution in [3.05, 3.63) is 40.9 Å². The van der Waals surface area contributed by atoms with Gasteiger partial charge in [-0.1, -0.05) is 11.6 Å². The Morgan fingerprint density at radius 1 is 1.38 bits per heavy atom. The molecule has 7 heteroatoms. The fourth-order valence-corrected chi connectivity index (χ4v) is 3.07. The van der Waals surface area contributed by atoms with Gasteiger partial charge in [0.05, 0.1) is 12.0 Å². The first-order valence-electron chi connectivity index (χ1n) is 8.14. The summed E-state index contributed by atoms with van der Waals surface area (Å²) in [7, 11) is 0. The van der Waals surface area contributed by atoms with Crippen molar-refractivity contribution in [2.45, 2.75) is 32.7 Å². The minimum absolute atomic E-state index is 0.0446. The SMILES string of the molecule is Cc1ccc([C@@H](C)NC(=O)[C@@H]2CCCN(c3ccc(Cl)nn3)C2)o1. The number of aryl methyl sites for hydroxylation is 1. The van der Waals surface area contributed by atoms with Crippen molar-refractivity contribution in [3.63, 3.8) is 0 Å². The highest BCUT2D eigenvalue weighted by Gasteiger charge is 2.28. The molecular weight excluding hydrogens is 328 g/mol. The monoisotopic (exact) mass is 348 g/mol. The number of nitrogens with zero attached hydrogens (tertiary/aromatic N) is 3. The number of hydrogen-bond donors (Lipinski definition) is 1. The van der Waals surface area contributed by atoms with Gasteiger partial charge in [0.2, 0.25) is 5.91 Å². The highest BCUT2D eigenvalue weighted by molar-refractivity contribution is 6.29. The molecule has 2 atom stereocenters. The van der Waals surface area contributed by atoms with Crippen LogP contribution < -0.4 is 10.2 Å². The minimum atomic E-state index is -0.142. The zero-order valence-electron chi connectivity index (χ0n) is 13.8. The van der Waals surface area contributed by atoms with E-state index in [1.165, 1.54) is 0 Å². The number of piperidine rings is 1. The maximum atomic E-state index is 12.6. The second-order valence-corrected chi connectivity index (χ2v) is 6.57. The van der Waals surface area contributed by atoms with Crippen LogP contribution in [0.3, 0.4) is 0 Å². The summed E-state index contributed by atoms with van der Waals surface area (Å²) in [4.78, 5) is 14.7. The third-order valence-electron chi connectivity index (χ3n) is 4.28. The molecule has 2 aromatic rings. The number of amides is 1. The van der Waals surface area contributed by atoms with E-state index < -0.39 is 0 Å². The minimum Gasteiger partial charge on any atom is -0.464 e. The van der Waals surface area contributed by atoms with E-state index >= 15 is 0 Å². The number of halogens is 1. The summed E-state index contributed by atoms with van der Waals surface area (Å²) in [5, 5.41) is 11.4. The van der Waals surface area contributed by atoms with Crippen LogP contribution in [0.2, 0.25) is 5.15 Å². The molecule has 6 nitrogen and oxygen atoms in total. The van der Waals surface area contributed by atoms with Crippen LogP contribution in [0, 0.1) is 12.8 Å². The molecule has 0 saturated carbocycles. The number of carbonyl (C=O) groups is 1. The number of furan rings is 1. The number of anilines is 1. The molecule has 1 amide bonds. The zero-order valence-corrected chi connectivity index (χ0v) is 14.6. The lowest BCUT2D eigenvalue weighted by Crippen LogP contribution is -2.44. The second-order valence-electron chi connectivity index (χ2n) is 6.18. The molecule has 0 aromatic carbocycles. The summed E-state index contributed by atoms with van der Waals surface area (Å²) in [5.41, 5.74) is 0. The van der Waals surface area contributed by atoms with Gasteiger partial charge in [0, 0.05) is 13.1 Å². The molecule has 1 saturated heterocycles. The van der Waals surface area contributed by atoms with Crippen molar-refractivity contribution >= 4 is 23.3 Å². The van der Waals surface area contributed by atoms with Gasteiger partial charge in [0.1, 0.15) is 11.5 Å². The summed E-state index contributed by atoms with van der Waals surface area (Å²) < 4.78 is 5.58. The first kappa shape index (κ1) is 16.8. The molecule has 0 bridgehead atoms. The molecule has 3 rings (SSSR count). The average molecular weight is 349 g/mol. The summed E-state index contributed by atoms with van der Waals surface area (Å²) in [6.45, 7) is 5.32. The zero-order chi connectivity index (χ0) is 17.1.